The van der Waals surface area contributed by atoms with Gasteiger partial charge in [-0.25, -0.2) is 0 Å². The van der Waals surface area contributed by atoms with Gasteiger partial charge < -0.3 is 9.47 Å². The van der Waals surface area contributed by atoms with Crippen molar-refractivity contribution in [3.8, 4) is 5.75 Å². The van der Waals surface area contributed by atoms with E-state index < -0.39 is 11.9 Å². The van der Waals surface area contributed by atoms with E-state index in [9.17, 15) is 9.59 Å². The third-order valence-electron chi connectivity index (χ3n) is 3.05. The van der Waals surface area contributed by atoms with Gasteiger partial charge in [0.25, 0.3) is 0 Å². The van der Waals surface area contributed by atoms with Crippen LogP contribution in [0.4, 0.5) is 0 Å². The lowest BCUT2D eigenvalue weighted by Crippen LogP contribution is -2.27. The van der Waals surface area contributed by atoms with Crippen molar-refractivity contribution in [1.29, 1.82) is 0 Å². The molecule has 0 aliphatic heterocycles. The zero-order valence-electron chi connectivity index (χ0n) is 12.3. The topological polar surface area (TPSA) is 52.6 Å². The maximum Gasteiger partial charge on any atom is 0.316 e. The molecule has 1 aromatic carbocycles. The van der Waals surface area contributed by atoms with Crippen molar-refractivity contribution in [3.63, 3.8) is 0 Å². The van der Waals surface area contributed by atoms with E-state index in [2.05, 4.69) is 0 Å². The van der Waals surface area contributed by atoms with Gasteiger partial charge in [0, 0.05) is 6.42 Å². The fourth-order valence-electron chi connectivity index (χ4n) is 2.05. The third-order valence-corrected chi connectivity index (χ3v) is 3.05. The van der Waals surface area contributed by atoms with Crippen molar-refractivity contribution >= 4 is 11.8 Å². The lowest BCUT2D eigenvalue weighted by atomic mass is 9.94. The monoisotopic (exact) mass is 278 g/mol. The minimum atomic E-state index is -0.661. The van der Waals surface area contributed by atoms with Gasteiger partial charge >= 0.3 is 5.97 Å². The Balaban J connectivity index is 2.76. The Labute approximate surface area is 120 Å². The molecule has 1 rings (SSSR count). The van der Waals surface area contributed by atoms with E-state index in [1.54, 1.807) is 14.0 Å². The minimum absolute atomic E-state index is 0.0986. The summed E-state index contributed by atoms with van der Waals surface area (Å²) in [5, 5.41) is 0. The predicted octanol–water partition coefficient (Wildman–Crippen LogP) is 2.79. The van der Waals surface area contributed by atoms with Crippen LogP contribution in [-0.2, 0) is 20.7 Å². The molecule has 110 valence electrons. The van der Waals surface area contributed by atoms with Gasteiger partial charge in [-0.05, 0) is 31.0 Å². The van der Waals surface area contributed by atoms with Crippen molar-refractivity contribution < 1.29 is 19.1 Å². The first-order valence-electron chi connectivity index (χ1n) is 6.94. The molecule has 4 heteroatoms. The van der Waals surface area contributed by atoms with Gasteiger partial charge in [0.05, 0.1) is 13.7 Å². The molecule has 1 atom stereocenters. The summed E-state index contributed by atoms with van der Waals surface area (Å²) in [6, 6.07) is 7.32. The summed E-state index contributed by atoms with van der Waals surface area (Å²) in [7, 11) is 1.58. The summed E-state index contributed by atoms with van der Waals surface area (Å²) in [4.78, 5) is 24.1. The van der Waals surface area contributed by atoms with E-state index in [1.165, 1.54) is 0 Å². The second-order valence-electron chi connectivity index (χ2n) is 4.59. The predicted molar refractivity (Wildman–Crippen MR) is 76.7 cm³/mol. The van der Waals surface area contributed by atoms with Crippen molar-refractivity contribution in [3.05, 3.63) is 29.8 Å². The highest BCUT2D eigenvalue weighted by Crippen LogP contribution is 2.17. The first-order valence-corrected chi connectivity index (χ1v) is 6.94. The second kappa shape index (κ2) is 8.35. The Morgan fingerprint density at radius 3 is 2.60 bits per heavy atom. The maximum absolute atomic E-state index is 12.3. The van der Waals surface area contributed by atoms with E-state index in [0.717, 1.165) is 12.0 Å². The number of rotatable bonds is 8. The highest BCUT2D eigenvalue weighted by molar-refractivity contribution is 5.99. The van der Waals surface area contributed by atoms with Crippen molar-refractivity contribution in [2.45, 2.75) is 33.1 Å². The average Bonchev–Trinajstić information content (AvgIpc) is 2.45. The summed E-state index contributed by atoms with van der Waals surface area (Å²) in [6.07, 6.45) is 1.52. The van der Waals surface area contributed by atoms with Crippen LogP contribution in [0.5, 0.6) is 5.75 Å². The molecule has 0 saturated carbocycles. The van der Waals surface area contributed by atoms with Gasteiger partial charge in [-0.1, -0.05) is 25.5 Å². The Kier molecular flexibility index (Phi) is 6.77. The van der Waals surface area contributed by atoms with E-state index >= 15 is 0 Å². The van der Waals surface area contributed by atoms with Crippen LogP contribution < -0.4 is 4.74 Å². The number of benzene rings is 1. The third kappa shape index (κ3) is 4.68. The molecular weight excluding hydrogens is 256 g/mol. The van der Waals surface area contributed by atoms with Crippen LogP contribution >= 0.6 is 0 Å². The minimum Gasteiger partial charge on any atom is -0.497 e. The molecule has 0 saturated heterocycles. The number of Topliss-reactive ketones (excluding diaryl/α,β-unsaturated/α-hetero) is 1. The zero-order chi connectivity index (χ0) is 15.0. The van der Waals surface area contributed by atoms with Gasteiger partial charge in [0.1, 0.15) is 11.7 Å². The molecule has 0 heterocycles. The zero-order valence-corrected chi connectivity index (χ0v) is 12.3. The van der Waals surface area contributed by atoms with Gasteiger partial charge in [-0.15, -0.1) is 0 Å². The molecule has 0 amide bonds. The normalized spacial score (nSPS) is 11.8. The van der Waals surface area contributed by atoms with Crippen molar-refractivity contribution in [2.24, 2.45) is 5.92 Å². The first-order chi connectivity index (χ1) is 9.62. The van der Waals surface area contributed by atoms with Crippen LogP contribution in [0.3, 0.4) is 0 Å². The molecule has 0 fully saturated rings. The Morgan fingerprint density at radius 2 is 2.00 bits per heavy atom. The SMILES string of the molecule is CCCC(C(=O)Cc1cccc(OC)c1)C(=O)OCC. The van der Waals surface area contributed by atoms with Crippen LogP contribution in [0.25, 0.3) is 0 Å². The maximum atomic E-state index is 12.3. The van der Waals surface area contributed by atoms with Crippen LogP contribution in [0.1, 0.15) is 32.3 Å². The van der Waals surface area contributed by atoms with E-state index in [0.29, 0.717) is 18.8 Å². The standard InChI is InChI=1S/C16H22O4/c1-4-7-14(16(18)20-5-2)15(17)11-12-8-6-9-13(10-12)19-3/h6,8-10,14H,4-5,7,11H2,1-3H3. The van der Waals surface area contributed by atoms with Gasteiger partial charge in [0.15, 0.2) is 5.78 Å². The lowest BCUT2D eigenvalue weighted by molar-refractivity contribution is -0.151. The molecule has 20 heavy (non-hydrogen) atoms. The summed E-state index contributed by atoms with van der Waals surface area (Å²) >= 11 is 0. The molecule has 0 spiro atoms. The molecule has 4 nitrogen and oxygen atoms in total. The molecule has 0 N–H and O–H groups in total. The summed E-state index contributed by atoms with van der Waals surface area (Å²) in [5.74, 6) is -0.467. The van der Waals surface area contributed by atoms with E-state index in [4.69, 9.17) is 9.47 Å². The van der Waals surface area contributed by atoms with Gasteiger partial charge in [-0.2, -0.15) is 0 Å². The quantitative estimate of drug-likeness (QED) is 0.542. The average molecular weight is 278 g/mol. The number of ether oxygens (including phenoxy) is 2. The number of methoxy groups -OCH3 is 1. The largest absolute Gasteiger partial charge is 0.497 e. The number of hydrogen-bond donors (Lipinski definition) is 0. The highest BCUT2D eigenvalue weighted by atomic mass is 16.5. The molecule has 1 unspecified atom stereocenters. The van der Waals surface area contributed by atoms with Crippen LogP contribution in [0.2, 0.25) is 0 Å². The van der Waals surface area contributed by atoms with Gasteiger partial charge in [0.2, 0.25) is 0 Å². The molecule has 0 bridgehead atoms. The van der Waals surface area contributed by atoms with Crippen molar-refractivity contribution in [1.82, 2.24) is 0 Å². The number of esters is 1. The smallest absolute Gasteiger partial charge is 0.316 e. The number of carbonyl (C=O) groups excluding carboxylic acids is 2. The van der Waals surface area contributed by atoms with Crippen LogP contribution in [0, 0.1) is 5.92 Å². The lowest BCUT2D eigenvalue weighted by Gasteiger charge is -2.14. The highest BCUT2D eigenvalue weighted by Gasteiger charge is 2.26. The van der Waals surface area contributed by atoms with Crippen molar-refractivity contribution in [2.75, 3.05) is 13.7 Å². The van der Waals surface area contributed by atoms with E-state index in [-0.39, 0.29) is 12.2 Å². The van der Waals surface area contributed by atoms with E-state index in [1.807, 2.05) is 31.2 Å². The Hall–Kier alpha value is -1.84. The first kappa shape index (κ1) is 16.2. The fourth-order valence-corrected chi connectivity index (χ4v) is 2.05. The fraction of sp³-hybridized carbons (Fsp3) is 0.500. The summed E-state index contributed by atoms with van der Waals surface area (Å²) in [5.41, 5.74) is 0.847. The van der Waals surface area contributed by atoms with Crippen LogP contribution in [-0.4, -0.2) is 25.5 Å². The van der Waals surface area contributed by atoms with Crippen LogP contribution in [0.15, 0.2) is 24.3 Å². The second-order valence-corrected chi connectivity index (χ2v) is 4.59. The molecule has 0 aliphatic rings. The number of ketones is 1. The molecule has 0 aromatic heterocycles. The Morgan fingerprint density at radius 1 is 1.25 bits per heavy atom. The molecule has 1 aromatic rings. The number of carbonyl (C=O) groups is 2. The molecule has 0 radical (unpaired) electrons. The van der Waals surface area contributed by atoms with Gasteiger partial charge in [-0.3, -0.25) is 9.59 Å². The summed E-state index contributed by atoms with van der Waals surface area (Å²) in [6.45, 7) is 3.99. The molecule has 0 aliphatic carbocycles. The summed E-state index contributed by atoms with van der Waals surface area (Å²) < 4.78 is 10.1. The molecular formula is C16H22O4. The number of hydrogen-bond acceptors (Lipinski definition) is 4. The Bertz CT molecular complexity index is 454.